The molecule has 3 aliphatic heterocycles. The van der Waals surface area contributed by atoms with E-state index in [4.69, 9.17) is 26.6 Å². The van der Waals surface area contributed by atoms with Crippen LogP contribution in [0, 0.1) is 0 Å². The Morgan fingerprint density at radius 2 is 2.29 bits per heavy atom. The first-order valence-corrected chi connectivity index (χ1v) is 7.87. The monoisotopic (exact) mass is 341 g/mol. The summed E-state index contributed by atoms with van der Waals surface area (Å²) in [6, 6.07) is -0.623. The minimum atomic E-state index is -4.22. The predicted molar refractivity (Wildman–Crippen MR) is 67.6 cm³/mol. The van der Waals surface area contributed by atoms with Crippen molar-refractivity contribution in [1.82, 2.24) is 10.2 Å². The van der Waals surface area contributed by atoms with Gasteiger partial charge in [0, 0.05) is 6.20 Å². The van der Waals surface area contributed by atoms with E-state index in [0.29, 0.717) is 0 Å². The summed E-state index contributed by atoms with van der Waals surface area (Å²) in [5.41, 5.74) is 5.54. The SMILES string of the molecule is NC1NC(=O)N([C@@H]2OC3COP(=O)(O)OC3[C@H]2O)C=C1Cl. The summed E-state index contributed by atoms with van der Waals surface area (Å²) in [5, 5.41) is 12.7. The van der Waals surface area contributed by atoms with Gasteiger partial charge in [-0.3, -0.25) is 13.9 Å². The zero-order valence-corrected chi connectivity index (χ0v) is 12.1. The van der Waals surface area contributed by atoms with Gasteiger partial charge in [-0.05, 0) is 0 Å². The number of ether oxygens (including phenoxy) is 1. The summed E-state index contributed by atoms with van der Waals surface area (Å²) >= 11 is 5.85. The number of urea groups is 1. The van der Waals surface area contributed by atoms with Crippen LogP contribution >= 0.6 is 19.4 Å². The lowest BCUT2D eigenvalue weighted by atomic mass is 10.1. The lowest BCUT2D eigenvalue weighted by Crippen LogP contribution is -2.56. The van der Waals surface area contributed by atoms with Crippen LogP contribution in [0.1, 0.15) is 0 Å². The van der Waals surface area contributed by atoms with E-state index in [0.717, 1.165) is 4.90 Å². The van der Waals surface area contributed by atoms with Crippen LogP contribution in [0.25, 0.3) is 0 Å². The van der Waals surface area contributed by atoms with Crippen molar-refractivity contribution in [3.8, 4) is 0 Å². The summed E-state index contributed by atoms with van der Waals surface area (Å²) in [7, 11) is -4.22. The molecule has 0 bridgehead atoms. The molecule has 21 heavy (non-hydrogen) atoms. The number of carbonyl (C=O) groups excluding carboxylic acids is 1. The van der Waals surface area contributed by atoms with E-state index in [2.05, 4.69) is 9.84 Å². The Labute approximate surface area is 124 Å². The van der Waals surface area contributed by atoms with Crippen LogP contribution in [0.4, 0.5) is 4.79 Å². The standard InChI is InChI=1S/C9H13ClN3O7P/c10-3-1-13(9(15)12-7(3)11)8-5(14)6-4(19-8)2-18-21(16,17)20-6/h1,4-8,14H,2,11H2,(H,12,15)(H,16,17)/t4?,5-,6?,7?,8-/m1/s1. The number of aliphatic hydroxyl groups is 1. The molecule has 0 aromatic carbocycles. The second-order valence-electron chi connectivity index (χ2n) is 4.74. The van der Waals surface area contributed by atoms with Crippen LogP contribution in [0.3, 0.4) is 0 Å². The van der Waals surface area contributed by atoms with Gasteiger partial charge in [0.05, 0.1) is 11.6 Å². The highest BCUT2D eigenvalue weighted by molar-refractivity contribution is 7.47. The fourth-order valence-corrected chi connectivity index (χ4v) is 3.43. The molecule has 12 heteroatoms. The van der Waals surface area contributed by atoms with Gasteiger partial charge in [0.25, 0.3) is 0 Å². The molecule has 4 unspecified atom stereocenters. The van der Waals surface area contributed by atoms with Crippen LogP contribution in [-0.2, 0) is 18.3 Å². The van der Waals surface area contributed by atoms with E-state index in [-0.39, 0.29) is 11.6 Å². The Hall–Kier alpha value is -0.710. The molecule has 3 rings (SSSR count). The van der Waals surface area contributed by atoms with Gasteiger partial charge in [0.2, 0.25) is 0 Å². The van der Waals surface area contributed by atoms with E-state index >= 15 is 0 Å². The van der Waals surface area contributed by atoms with Crippen molar-refractivity contribution in [2.24, 2.45) is 5.73 Å². The molecule has 118 valence electrons. The maximum atomic E-state index is 11.9. The average Bonchev–Trinajstić information content (AvgIpc) is 2.70. The molecular weight excluding hydrogens is 329 g/mol. The zero-order chi connectivity index (χ0) is 15.4. The Morgan fingerprint density at radius 3 is 3.00 bits per heavy atom. The maximum absolute atomic E-state index is 11.9. The number of nitrogens with two attached hydrogens (primary N) is 1. The zero-order valence-electron chi connectivity index (χ0n) is 10.5. The largest absolute Gasteiger partial charge is 0.472 e. The van der Waals surface area contributed by atoms with Crippen molar-refractivity contribution in [2.45, 2.75) is 30.7 Å². The van der Waals surface area contributed by atoms with Crippen LogP contribution in [-0.4, -0.2) is 58.2 Å². The van der Waals surface area contributed by atoms with Crippen molar-refractivity contribution < 1.29 is 33.1 Å². The number of aliphatic hydroxyl groups excluding tert-OH is 1. The maximum Gasteiger partial charge on any atom is 0.472 e. The molecule has 2 fully saturated rings. The molecule has 0 aromatic rings. The molecule has 0 saturated carbocycles. The summed E-state index contributed by atoms with van der Waals surface area (Å²) in [4.78, 5) is 22.2. The topological polar surface area (TPSA) is 144 Å². The first kappa shape index (κ1) is 15.2. The van der Waals surface area contributed by atoms with Crippen molar-refractivity contribution in [3.05, 3.63) is 11.2 Å². The van der Waals surface area contributed by atoms with Crippen molar-refractivity contribution >= 4 is 25.5 Å². The van der Waals surface area contributed by atoms with Gasteiger partial charge >= 0.3 is 13.9 Å². The van der Waals surface area contributed by atoms with Crippen LogP contribution < -0.4 is 11.1 Å². The molecule has 2 saturated heterocycles. The third-order valence-electron chi connectivity index (χ3n) is 3.31. The van der Waals surface area contributed by atoms with Crippen LogP contribution in [0.15, 0.2) is 11.2 Å². The molecule has 3 aliphatic rings. The number of rotatable bonds is 1. The number of phosphoric ester groups is 1. The summed E-state index contributed by atoms with van der Waals surface area (Å²) in [6.07, 6.45) is -3.96. The van der Waals surface area contributed by atoms with E-state index < -0.39 is 44.6 Å². The van der Waals surface area contributed by atoms with Gasteiger partial charge in [-0.1, -0.05) is 11.6 Å². The Kier molecular flexibility index (Phi) is 3.75. The van der Waals surface area contributed by atoms with Gasteiger partial charge in [0.1, 0.15) is 24.5 Å². The van der Waals surface area contributed by atoms with Crippen molar-refractivity contribution in [3.63, 3.8) is 0 Å². The Morgan fingerprint density at radius 1 is 1.57 bits per heavy atom. The number of hydrogen-bond acceptors (Lipinski definition) is 7. The average molecular weight is 342 g/mol. The second-order valence-corrected chi connectivity index (χ2v) is 6.58. The second kappa shape index (κ2) is 5.18. The molecule has 0 spiro atoms. The van der Waals surface area contributed by atoms with E-state index in [9.17, 15) is 19.4 Å². The number of hydrogen-bond donors (Lipinski definition) is 4. The minimum absolute atomic E-state index is 0.144. The Bertz CT molecular complexity index is 545. The van der Waals surface area contributed by atoms with E-state index in [1.165, 1.54) is 6.20 Å². The number of nitrogens with one attached hydrogen (secondary N) is 1. The van der Waals surface area contributed by atoms with Crippen LogP contribution in [0.2, 0.25) is 0 Å². The number of nitrogens with zero attached hydrogens (tertiary/aromatic N) is 1. The van der Waals surface area contributed by atoms with Gasteiger partial charge in [-0.2, -0.15) is 0 Å². The molecule has 0 radical (unpaired) electrons. The molecule has 10 nitrogen and oxygen atoms in total. The Balaban J connectivity index is 1.82. The highest BCUT2D eigenvalue weighted by Gasteiger charge is 2.54. The highest BCUT2D eigenvalue weighted by atomic mass is 35.5. The molecule has 0 aromatic heterocycles. The van der Waals surface area contributed by atoms with Gasteiger partial charge in [0.15, 0.2) is 6.23 Å². The lowest BCUT2D eigenvalue weighted by Gasteiger charge is -2.32. The minimum Gasteiger partial charge on any atom is -0.386 e. The number of fused-ring (bicyclic) bond motifs is 1. The predicted octanol–water partition coefficient (Wildman–Crippen LogP) is -1.02. The first-order chi connectivity index (χ1) is 9.78. The molecule has 2 amide bonds. The fraction of sp³-hybridized carbons (Fsp3) is 0.667. The third-order valence-corrected chi connectivity index (χ3v) is 4.63. The molecule has 5 N–H and O–H groups in total. The van der Waals surface area contributed by atoms with Crippen molar-refractivity contribution in [1.29, 1.82) is 0 Å². The highest BCUT2D eigenvalue weighted by Crippen LogP contribution is 2.51. The number of phosphoric acid groups is 1. The number of halogens is 1. The molecule has 0 aliphatic carbocycles. The van der Waals surface area contributed by atoms with E-state index in [1.54, 1.807) is 0 Å². The first-order valence-electron chi connectivity index (χ1n) is 5.99. The molecular formula is C9H13ClN3O7P. The van der Waals surface area contributed by atoms with E-state index in [1.807, 2.05) is 0 Å². The normalized spacial score (nSPS) is 46.9. The number of carbonyl (C=O) groups is 1. The summed E-state index contributed by atoms with van der Waals surface area (Å²) in [6.45, 7) is -0.238. The summed E-state index contributed by atoms with van der Waals surface area (Å²) < 4.78 is 26.2. The third kappa shape index (κ3) is 2.69. The summed E-state index contributed by atoms with van der Waals surface area (Å²) in [5.74, 6) is 0. The van der Waals surface area contributed by atoms with Gasteiger partial charge in [-0.15, -0.1) is 0 Å². The lowest BCUT2D eigenvalue weighted by molar-refractivity contribution is -0.0751. The molecule has 6 atom stereocenters. The quantitative estimate of drug-likeness (QED) is 0.444. The van der Waals surface area contributed by atoms with Gasteiger partial charge in [-0.25, -0.2) is 9.36 Å². The molecule has 3 heterocycles. The van der Waals surface area contributed by atoms with Crippen molar-refractivity contribution in [2.75, 3.05) is 6.61 Å². The van der Waals surface area contributed by atoms with Crippen LogP contribution in [0.5, 0.6) is 0 Å². The van der Waals surface area contributed by atoms with Gasteiger partial charge < -0.3 is 25.8 Å². The number of amides is 2. The fourth-order valence-electron chi connectivity index (χ4n) is 2.30. The smallest absolute Gasteiger partial charge is 0.386 e.